The fourth-order valence-corrected chi connectivity index (χ4v) is 3.91. The summed E-state index contributed by atoms with van der Waals surface area (Å²) >= 11 is 0. The Bertz CT molecular complexity index is 710. The summed E-state index contributed by atoms with van der Waals surface area (Å²) in [6.45, 7) is 1.01. The lowest BCUT2D eigenvalue weighted by Crippen LogP contribution is -2.47. The summed E-state index contributed by atoms with van der Waals surface area (Å²) in [6, 6.07) is 4.80. The van der Waals surface area contributed by atoms with Crippen molar-refractivity contribution in [3.05, 3.63) is 23.8 Å². The first kappa shape index (κ1) is 21.0. The predicted molar refractivity (Wildman–Crippen MR) is 92.1 cm³/mol. The molecule has 1 aromatic carbocycles. The van der Waals surface area contributed by atoms with Crippen molar-refractivity contribution in [2.24, 2.45) is 5.92 Å². The molecule has 1 heterocycles. The van der Waals surface area contributed by atoms with Gasteiger partial charge < -0.3 is 30.8 Å². The van der Waals surface area contributed by atoms with Crippen LogP contribution in [0.1, 0.15) is 12.5 Å². The Morgan fingerprint density at radius 3 is 2.50 bits per heavy atom. The van der Waals surface area contributed by atoms with Crippen LogP contribution >= 0.6 is 0 Å². The normalized spacial score (nSPS) is 22.0. The Morgan fingerprint density at radius 1 is 1.19 bits per heavy atom. The number of hydrogen-bond acceptors (Lipinski definition) is 9. The van der Waals surface area contributed by atoms with Crippen molar-refractivity contribution >= 4 is 15.8 Å². The van der Waals surface area contributed by atoms with Gasteiger partial charge in [0.25, 0.3) is 10.1 Å². The third-order valence-corrected chi connectivity index (χ3v) is 5.62. The maximum atomic E-state index is 12.5. The van der Waals surface area contributed by atoms with E-state index in [1.165, 1.54) is 6.07 Å². The molecule has 2 rings (SSSR count). The van der Waals surface area contributed by atoms with Gasteiger partial charge in [0.1, 0.15) is 29.3 Å². The average Bonchev–Trinajstić information content (AvgIpc) is 2.63. The lowest BCUT2D eigenvalue weighted by atomic mass is 9.96. The Kier molecular flexibility index (Phi) is 6.97. The molecule has 0 radical (unpaired) electrons. The molecular weight excluding hydrogens is 366 g/mol. The molecule has 1 aromatic rings. The molecule has 148 valence electrons. The van der Waals surface area contributed by atoms with Crippen molar-refractivity contribution in [3.63, 3.8) is 0 Å². The minimum atomic E-state index is -4.23. The van der Waals surface area contributed by atoms with Crippen LogP contribution in [0.25, 0.3) is 0 Å². The second-order valence-corrected chi connectivity index (χ2v) is 8.10. The number of aliphatic hydroxyl groups is 5. The highest BCUT2D eigenvalue weighted by molar-refractivity contribution is 7.87. The van der Waals surface area contributed by atoms with E-state index >= 15 is 0 Å². The fraction of sp³-hybridized carbons (Fsp3) is 0.625. The molecule has 0 fully saturated rings. The quantitative estimate of drug-likeness (QED) is 0.288. The van der Waals surface area contributed by atoms with Crippen molar-refractivity contribution < 1.29 is 38.1 Å². The largest absolute Gasteiger partial charge is 0.394 e. The molecule has 0 saturated carbocycles. The minimum Gasteiger partial charge on any atom is -0.394 e. The minimum absolute atomic E-state index is 0.0699. The molecule has 0 amide bonds. The van der Waals surface area contributed by atoms with Crippen molar-refractivity contribution in [3.8, 4) is 0 Å². The van der Waals surface area contributed by atoms with E-state index in [4.69, 9.17) is 9.29 Å². The number of anilines is 1. The van der Waals surface area contributed by atoms with E-state index in [1.54, 1.807) is 6.07 Å². The van der Waals surface area contributed by atoms with E-state index in [0.717, 1.165) is 12.0 Å². The number of aliphatic hydroxyl groups excluding tert-OH is 5. The second-order valence-electron chi connectivity index (χ2n) is 6.52. The third kappa shape index (κ3) is 4.71. The van der Waals surface area contributed by atoms with Gasteiger partial charge in [-0.25, -0.2) is 0 Å². The Hall–Kier alpha value is -1.27. The highest BCUT2D eigenvalue weighted by atomic mass is 32.2. The molecule has 0 bridgehead atoms. The average molecular weight is 391 g/mol. The van der Waals surface area contributed by atoms with Crippen LogP contribution in [0.4, 0.5) is 5.69 Å². The van der Waals surface area contributed by atoms with Crippen LogP contribution in [0.15, 0.2) is 23.1 Å². The summed E-state index contributed by atoms with van der Waals surface area (Å²) in [7, 11) is -4.23. The van der Waals surface area contributed by atoms with Crippen LogP contribution < -0.4 is 5.32 Å². The number of rotatable bonds is 8. The first-order chi connectivity index (χ1) is 12.2. The fourth-order valence-electron chi connectivity index (χ4n) is 2.76. The van der Waals surface area contributed by atoms with Crippen molar-refractivity contribution in [1.82, 2.24) is 0 Å². The molecule has 26 heavy (non-hydrogen) atoms. The molecule has 5 unspecified atom stereocenters. The van der Waals surface area contributed by atoms with Crippen LogP contribution in [0.5, 0.6) is 0 Å². The number of benzene rings is 1. The monoisotopic (exact) mass is 391 g/mol. The third-order valence-electron chi connectivity index (χ3n) is 4.30. The molecule has 1 aliphatic heterocycles. The van der Waals surface area contributed by atoms with Crippen LogP contribution in [-0.2, 0) is 20.7 Å². The van der Waals surface area contributed by atoms with Gasteiger partial charge in [0, 0.05) is 6.54 Å². The standard InChI is InChI=1S/C16H25NO8S/c1-9-5-10-3-2-4-13(14(10)17-6-9)26(23,24)25-8-12(20)16(22)15(21)11(19)7-18/h2-4,9,11-12,15-22H,5-8H2,1H3. The zero-order chi connectivity index (χ0) is 19.5. The summed E-state index contributed by atoms with van der Waals surface area (Å²) in [5.41, 5.74) is 1.30. The van der Waals surface area contributed by atoms with E-state index in [2.05, 4.69) is 5.32 Å². The summed E-state index contributed by atoms with van der Waals surface area (Å²) in [5.74, 6) is 0.359. The molecule has 0 spiro atoms. The first-order valence-electron chi connectivity index (χ1n) is 8.25. The van der Waals surface area contributed by atoms with E-state index in [1.807, 2.05) is 13.0 Å². The van der Waals surface area contributed by atoms with Crippen LogP contribution in [0.3, 0.4) is 0 Å². The molecule has 10 heteroatoms. The highest BCUT2D eigenvalue weighted by Crippen LogP contribution is 2.32. The van der Waals surface area contributed by atoms with Crippen molar-refractivity contribution in [1.29, 1.82) is 0 Å². The summed E-state index contributed by atoms with van der Waals surface area (Å²) in [5, 5.41) is 50.1. The molecule has 5 atom stereocenters. The van der Waals surface area contributed by atoms with Gasteiger partial charge in [0.05, 0.1) is 18.9 Å². The summed E-state index contributed by atoms with van der Waals surface area (Å²) in [6.07, 6.45) is -6.49. The van der Waals surface area contributed by atoms with Crippen LogP contribution in [0.2, 0.25) is 0 Å². The molecule has 0 aromatic heterocycles. The van der Waals surface area contributed by atoms with Crippen molar-refractivity contribution in [2.45, 2.75) is 42.7 Å². The topological polar surface area (TPSA) is 157 Å². The van der Waals surface area contributed by atoms with Crippen LogP contribution in [-0.4, -0.2) is 78.1 Å². The summed E-state index contributed by atoms with van der Waals surface area (Å²) in [4.78, 5) is -0.0699. The number of hydrogen-bond donors (Lipinski definition) is 6. The summed E-state index contributed by atoms with van der Waals surface area (Å²) < 4.78 is 29.8. The zero-order valence-electron chi connectivity index (χ0n) is 14.3. The van der Waals surface area contributed by atoms with Gasteiger partial charge in [0.2, 0.25) is 0 Å². The Labute approximate surface area is 152 Å². The van der Waals surface area contributed by atoms with E-state index in [0.29, 0.717) is 18.2 Å². The molecule has 9 nitrogen and oxygen atoms in total. The SMILES string of the molecule is CC1CNc2c(cccc2S(=O)(=O)OCC(O)C(O)C(O)C(O)CO)C1. The predicted octanol–water partition coefficient (Wildman–Crippen LogP) is -1.57. The lowest BCUT2D eigenvalue weighted by molar-refractivity contribution is -0.121. The lowest BCUT2D eigenvalue weighted by Gasteiger charge is -2.26. The molecule has 0 saturated heterocycles. The smallest absolute Gasteiger partial charge is 0.299 e. The zero-order valence-corrected chi connectivity index (χ0v) is 15.1. The van der Waals surface area contributed by atoms with Crippen LogP contribution in [0, 0.1) is 5.92 Å². The van der Waals surface area contributed by atoms with Gasteiger partial charge in [0.15, 0.2) is 0 Å². The number of nitrogens with one attached hydrogen (secondary N) is 1. The van der Waals surface area contributed by atoms with Gasteiger partial charge in [-0.15, -0.1) is 0 Å². The maximum Gasteiger partial charge on any atom is 0.299 e. The molecule has 6 N–H and O–H groups in total. The maximum absolute atomic E-state index is 12.5. The van der Waals surface area contributed by atoms with E-state index in [-0.39, 0.29) is 4.90 Å². The first-order valence-corrected chi connectivity index (χ1v) is 9.66. The van der Waals surface area contributed by atoms with E-state index in [9.17, 15) is 28.8 Å². The highest BCUT2D eigenvalue weighted by Gasteiger charge is 2.32. The Morgan fingerprint density at radius 2 is 1.85 bits per heavy atom. The van der Waals surface area contributed by atoms with Gasteiger partial charge in [-0.3, -0.25) is 4.18 Å². The molecular formula is C16H25NO8S. The van der Waals surface area contributed by atoms with Gasteiger partial charge in [-0.2, -0.15) is 8.42 Å². The Balaban J connectivity index is 2.09. The van der Waals surface area contributed by atoms with Gasteiger partial charge >= 0.3 is 0 Å². The number of fused-ring (bicyclic) bond motifs is 1. The van der Waals surface area contributed by atoms with E-state index < -0.39 is 47.7 Å². The molecule has 0 aliphatic carbocycles. The number of para-hydroxylation sites is 1. The van der Waals surface area contributed by atoms with Crippen molar-refractivity contribution in [2.75, 3.05) is 25.1 Å². The second kappa shape index (κ2) is 8.61. The van der Waals surface area contributed by atoms with Gasteiger partial charge in [-0.05, 0) is 24.0 Å². The molecule has 1 aliphatic rings. The van der Waals surface area contributed by atoms with Gasteiger partial charge in [-0.1, -0.05) is 19.1 Å².